The molecule has 1 aliphatic rings. The molecule has 15 heavy (non-hydrogen) atoms. The molecule has 0 N–H and O–H groups in total. The largest absolute Gasteiger partial charge is 0.378 e. The highest BCUT2D eigenvalue weighted by Crippen LogP contribution is 2.19. The minimum Gasteiger partial charge on any atom is -0.378 e. The van der Waals surface area contributed by atoms with Gasteiger partial charge in [0.1, 0.15) is 5.82 Å². The first-order valence-electron chi connectivity index (χ1n) is 4.99. The number of nitrogens with zero attached hydrogens (tertiary/aromatic N) is 4. The molecular weight excluding hydrogens is 192 g/mol. The Labute approximate surface area is 89.7 Å². The molecule has 82 valence electrons. The topological polar surface area (TPSA) is 41.5 Å². The fourth-order valence-electron chi connectivity index (χ4n) is 1.49. The maximum absolute atomic E-state index is 5.21. The van der Waals surface area contributed by atoms with E-state index in [-0.39, 0.29) is 0 Å². The number of aromatic nitrogens is 2. The van der Waals surface area contributed by atoms with E-state index in [0.717, 1.165) is 24.9 Å². The first kappa shape index (κ1) is 10.2. The van der Waals surface area contributed by atoms with E-state index in [9.17, 15) is 0 Å². The molecule has 0 radical (unpaired) electrons. The van der Waals surface area contributed by atoms with Gasteiger partial charge in [0, 0.05) is 40.5 Å². The van der Waals surface area contributed by atoms with Gasteiger partial charge in [-0.2, -0.15) is 4.98 Å². The van der Waals surface area contributed by atoms with Crippen LogP contribution < -0.4 is 9.80 Å². The quantitative estimate of drug-likeness (QED) is 0.718. The minimum absolute atomic E-state index is 0.330. The van der Waals surface area contributed by atoms with Crippen LogP contribution in [-0.2, 0) is 4.74 Å². The van der Waals surface area contributed by atoms with Gasteiger partial charge in [-0.1, -0.05) is 0 Å². The van der Waals surface area contributed by atoms with Crippen molar-refractivity contribution in [3.63, 3.8) is 0 Å². The second-order valence-electron chi connectivity index (χ2n) is 3.87. The van der Waals surface area contributed by atoms with Gasteiger partial charge in [-0.25, -0.2) is 4.98 Å². The molecule has 0 spiro atoms. The van der Waals surface area contributed by atoms with Gasteiger partial charge in [-0.15, -0.1) is 0 Å². The first-order chi connectivity index (χ1) is 7.20. The molecule has 2 heterocycles. The SMILES string of the molecule is COC1CN(c2nccc(N(C)C)n2)C1. The standard InChI is InChI=1S/C10H16N4O/c1-13(2)9-4-5-11-10(12-9)14-6-8(7-14)15-3/h4-5,8H,6-7H2,1-3H3. The number of methoxy groups -OCH3 is 1. The van der Waals surface area contributed by atoms with Gasteiger partial charge >= 0.3 is 0 Å². The van der Waals surface area contributed by atoms with Crippen LogP contribution in [0, 0.1) is 0 Å². The Hall–Kier alpha value is -1.36. The Balaban J connectivity index is 2.06. The molecule has 1 aromatic heterocycles. The first-order valence-corrected chi connectivity index (χ1v) is 4.99. The molecule has 0 aliphatic carbocycles. The number of hydrogen-bond donors (Lipinski definition) is 0. The molecule has 0 atom stereocenters. The normalized spacial score (nSPS) is 16.3. The zero-order valence-corrected chi connectivity index (χ0v) is 9.34. The second kappa shape index (κ2) is 4.02. The molecule has 2 rings (SSSR count). The summed E-state index contributed by atoms with van der Waals surface area (Å²) in [5, 5.41) is 0. The van der Waals surface area contributed by atoms with E-state index < -0.39 is 0 Å². The predicted octanol–water partition coefficient (Wildman–Crippen LogP) is 0.378. The van der Waals surface area contributed by atoms with Crippen LogP contribution in [0.25, 0.3) is 0 Å². The zero-order valence-electron chi connectivity index (χ0n) is 9.34. The van der Waals surface area contributed by atoms with Crippen LogP contribution in [0.3, 0.4) is 0 Å². The Morgan fingerprint density at radius 2 is 2.20 bits per heavy atom. The maximum atomic E-state index is 5.21. The van der Waals surface area contributed by atoms with E-state index in [0.29, 0.717) is 6.10 Å². The summed E-state index contributed by atoms with van der Waals surface area (Å²) < 4.78 is 5.21. The van der Waals surface area contributed by atoms with E-state index in [1.54, 1.807) is 13.3 Å². The van der Waals surface area contributed by atoms with Crippen LogP contribution in [0.15, 0.2) is 12.3 Å². The number of hydrogen-bond acceptors (Lipinski definition) is 5. The monoisotopic (exact) mass is 208 g/mol. The van der Waals surface area contributed by atoms with Crippen LogP contribution >= 0.6 is 0 Å². The fraction of sp³-hybridized carbons (Fsp3) is 0.600. The smallest absolute Gasteiger partial charge is 0.227 e. The lowest BCUT2D eigenvalue weighted by molar-refractivity contribution is 0.0778. The molecule has 1 fully saturated rings. The van der Waals surface area contributed by atoms with Gasteiger partial charge in [0.05, 0.1) is 6.10 Å². The van der Waals surface area contributed by atoms with E-state index in [2.05, 4.69) is 14.9 Å². The summed E-state index contributed by atoms with van der Waals surface area (Å²) in [4.78, 5) is 12.8. The van der Waals surface area contributed by atoms with Crippen molar-refractivity contribution in [1.82, 2.24) is 9.97 Å². The zero-order chi connectivity index (χ0) is 10.8. The fourth-order valence-corrected chi connectivity index (χ4v) is 1.49. The predicted molar refractivity (Wildman–Crippen MR) is 59.4 cm³/mol. The molecule has 1 saturated heterocycles. The van der Waals surface area contributed by atoms with Gasteiger partial charge in [0.25, 0.3) is 0 Å². The van der Waals surface area contributed by atoms with E-state index in [1.807, 2.05) is 25.1 Å². The number of rotatable bonds is 3. The summed E-state index contributed by atoms with van der Waals surface area (Å²) in [6.45, 7) is 1.76. The molecule has 0 amide bonds. The number of anilines is 2. The van der Waals surface area contributed by atoms with Crippen molar-refractivity contribution in [3.05, 3.63) is 12.3 Å². The third-order valence-corrected chi connectivity index (χ3v) is 2.55. The van der Waals surface area contributed by atoms with Crippen molar-refractivity contribution in [1.29, 1.82) is 0 Å². The summed E-state index contributed by atoms with van der Waals surface area (Å²) in [6.07, 6.45) is 2.12. The van der Waals surface area contributed by atoms with Gasteiger partial charge in [0.2, 0.25) is 5.95 Å². The van der Waals surface area contributed by atoms with Crippen LogP contribution in [0.5, 0.6) is 0 Å². The Morgan fingerprint density at radius 1 is 1.47 bits per heavy atom. The van der Waals surface area contributed by atoms with E-state index in [4.69, 9.17) is 4.74 Å². The molecule has 0 saturated carbocycles. The van der Waals surface area contributed by atoms with Gasteiger partial charge in [-0.05, 0) is 6.07 Å². The molecule has 0 unspecified atom stereocenters. The molecule has 1 aliphatic heterocycles. The van der Waals surface area contributed by atoms with Crippen molar-refractivity contribution in [2.45, 2.75) is 6.10 Å². The maximum Gasteiger partial charge on any atom is 0.227 e. The molecule has 0 bridgehead atoms. The van der Waals surface area contributed by atoms with Gasteiger partial charge < -0.3 is 14.5 Å². The lowest BCUT2D eigenvalue weighted by Crippen LogP contribution is -2.52. The third-order valence-electron chi connectivity index (χ3n) is 2.55. The van der Waals surface area contributed by atoms with E-state index in [1.165, 1.54) is 0 Å². The highest BCUT2D eigenvalue weighted by atomic mass is 16.5. The average Bonchev–Trinajstić information content (AvgIpc) is 2.16. The molecule has 5 nitrogen and oxygen atoms in total. The van der Waals surface area contributed by atoms with Crippen molar-refractivity contribution in [3.8, 4) is 0 Å². The highest BCUT2D eigenvalue weighted by Gasteiger charge is 2.28. The number of ether oxygens (including phenoxy) is 1. The van der Waals surface area contributed by atoms with Crippen LogP contribution in [0.4, 0.5) is 11.8 Å². The Kier molecular flexibility index (Phi) is 2.73. The lowest BCUT2D eigenvalue weighted by Gasteiger charge is -2.38. The second-order valence-corrected chi connectivity index (χ2v) is 3.87. The van der Waals surface area contributed by atoms with Crippen LogP contribution in [0.1, 0.15) is 0 Å². The van der Waals surface area contributed by atoms with E-state index >= 15 is 0 Å². The van der Waals surface area contributed by atoms with Gasteiger partial charge in [-0.3, -0.25) is 0 Å². The summed E-state index contributed by atoms with van der Waals surface area (Å²) in [6, 6.07) is 1.90. The van der Waals surface area contributed by atoms with Crippen molar-refractivity contribution >= 4 is 11.8 Å². The van der Waals surface area contributed by atoms with Gasteiger partial charge in [0.15, 0.2) is 0 Å². The summed E-state index contributed by atoms with van der Waals surface area (Å²) >= 11 is 0. The lowest BCUT2D eigenvalue weighted by atomic mass is 10.2. The highest BCUT2D eigenvalue weighted by molar-refractivity contribution is 5.44. The van der Waals surface area contributed by atoms with Crippen molar-refractivity contribution in [2.75, 3.05) is 44.1 Å². The third kappa shape index (κ3) is 2.02. The van der Waals surface area contributed by atoms with Crippen molar-refractivity contribution < 1.29 is 4.74 Å². The van der Waals surface area contributed by atoms with Crippen molar-refractivity contribution in [2.24, 2.45) is 0 Å². The average molecular weight is 208 g/mol. The van der Waals surface area contributed by atoms with Crippen LogP contribution in [0.2, 0.25) is 0 Å². The summed E-state index contributed by atoms with van der Waals surface area (Å²) in [5.74, 6) is 1.72. The Morgan fingerprint density at radius 3 is 2.80 bits per heavy atom. The molecule has 0 aromatic carbocycles. The summed E-state index contributed by atoms with van der Waals surface area (Å²) in [5.41, 5.74) is 0. The molecule has 1 aromatic rings. The van der Waals surface area contributed by atoms with Crippen LogP contribution in [-0.4, -0.2) is 50.4 Å². The summed E-state index contributed by atoms with van der Waals surface area (Å²) in [7, 11) is 5.68. The minimum atomic E-state index is 0.330. The Bertz CT molecular complexity index is 336. The molecule has 5 heteroatoms. The molecular formula is C10H16N4O.